The Morgan fingerprint density at radius 2 is 1.90 bits per heavy atom. The molecule has 3 rings (SSSR count). The topological polar surface area (TPSA) is 64.7 Å². The van der Waals surface area contributed by atoms with E-state index in [1.165, 1.54) is 0 Å². The first-order chi connectivity index (χ1) is 10.2. The summed E-state index contributed by atoms with van der Waals surface area (Å²) in [6.45, 7) is 1.23. The number of hydrogen-bond acceptors (Lipinski definition) is 5. The summed E-state index contributed by atoms with van der Waals surface area (Å²) in [5.41, 5.74) is 1.83. The molecule has 3 heterocycles. The molecule has 0 N–H and O–H groups in total. The summed E-state index contributed by atoms with van der Waals surface area (Å²) in [5, 5.41) is 12.5. The molecule has 0 fully saturated rings. The molecule has 3 aromatic heterocycles. The molecular formula is C14H17N7. The Morgan fingerprint density at radius 3 is 2.67 bits per heavy atom. The first-order valence-electron chi connectivity index (χ1n) is 6.70. The van der Waals surface area contributed by atoms with Gasteiger partial charge in [0.1, 0.15) is 11.5 Å². The highest BCUT2D eigenvalue weighted by Gasteiger charge is 2.05. The zero-order chi connectivity index (χ0) is 14.7. The second-order valence-corrected chi connectivity index (χ2v) is 4.99. The van der Waals surface area contributed by atoms with Crippen molar-refractivity contribution in [3.8, 4) is 0 Å². The van der Waals surface area contributed by atoms with E-state index in [1.807, 2.05) is 60.3 Å². The van der Waals surface area contributed by atoms with Gasteiger partial charge < -0.3 is 4.90 Å². The van der Waals surface area contributed by atoms with Gasteiger partial charge in [0.05, 0.1) is 25.0 Å². The number of pyridine rings is 1. The maximum atomic E-state index is 4.57. The molecule has 0 aliphatic carbocycles. The van der Waals surface area contributed by atoms with Gasteiger partial charge in [-0.2, -0.15) is 5.10 Å². The Kier molecular flexibility index (Phi) is 3.63. The van der Waals surface area contributed by atoms with Gasteiger partial charge in [-0.1, -0.05) is 11.3 Å². The Morgan fingerprint density at radius 1 is 1.05 bits per heavy atom. The fraction of sp³-hybridized carbons (Fsp3) is 0.286. The number of anilines is 1. The molecule has 0 aliphatic heterocycles. The lowest BCUT2D eigenvalue weighted by molar-refractivity contribution is 0.636. The van der Waals surface area contributed by atoms with Crippen LogP contribution in [-0.2, 0) is 13.1 Å². The van der Waals surface area contributed by atoms with Gasteiger partial charge in [-0.15, -0.1) is 5.10 Å². The molecule has 108 valence electrons. The molecule has 0 atom stereocenters. The van der Waals surface area contributed by atoms with E-state index in [0.717, 1.165) is 17.2 Å². The Labute approximate surface area is 122 Å². The van der Waals surface area contributed by atoms with Crippen LogP contribution in [0.3, 0.4) is 0 Å². The molecule has 0 spiro atoms. The van der Waals surface area contributed by atoms with Crippen LogP contribution in [0.25, 0.3) is 0 Å². The second kappa shape index (κ2) is 5.74. The van der Waals surface area contributed by atoms with E-state index in [4.69, 9.17) is 0 Å². The van der Waals surface area contributed by atoms with Crippen LogP contribution in [0.2, 0.25) is 0 Å². The average molecular weight is 283 g/mol. The second-order valence-electron chi connectivity index (χ2n) is 4.99. The fourth-order valence-corrected chi connectivity index (χ4v) is 2.02. The normalized spacial score (nSPS) is 10.8. The van der Waals surface area contributed by atoms with Crippen LogP contribution in [-0.4, -0.2) is 43.9 Å². The van der Waals surface area contributed by atoms with Crippen LogP contribution in [0.1, 0.15) is 11.4 Å². The quantitative estimate of drug-likeness (QED) is 0.700. The van der Waals surface area contributed by atoms with Gasteiger partial charge in [0, 0.05) is 26.5 Å². The zero-order valence-electron chi connectivity index (χ0n) is 12.1. The molecular weight excluding hydrogens is 266 g/mol. The molecule has 0 radical (unpaired) electrons. The lowest BCUT2D eigenvalue weighted by Crippen LogP contribution is -2.12. The molecule has 0 aromatic carbocycles. The van der Waals surface area contributed by atoms with Gasteiger partial charge in [-0.25, -0.2) is 9.67 Å². The summed E-state index contributed by atoms with van der Waals surface area (Å²) < 4.78 is 3.61. The maximum Gasteiger partial charge on any atom is 0.128 e. The predicted molar refractivity (Wildman–Crippen MR) is 79.0 cm³/mol. The molecule has 3 aromatic rings. The molecule has 0 amide bonds. The van der Waals surface area contributed by atoms with E-state index in [1.54, 1.807) is 10.9 Å². The van der Waals surface area contributed by atoms with Crippen molar-refractivity contribution in [3.63, 3.8) is 0 Å². The van der Waals surface area contributed by atoms with Crippen molar-refractivity contribution < 1.29 is 0 Å². The van der Waals surface area contributed by atoms with Crippen molar-refractivity contribution >= 4 is 5.82 Å². The molecule has 7 heteroatoms. The third kappa shape index (κ3) is 3.25. The minimum Gasteiger partial charge on any atom is -0.363 e. The van der Waals surface area contributed by atoms with Crippen molar-refractivity contribution in [2.24, 2.45) is 0 Å². The highest BCUT2D eigenvalue weighted by atomic mass is 15.4. The molecule has 0 unspecified atom stereocenters. The molecule has 0 bridgehead atoms. The Bertz CT molecular complexity index is 700. The maximum absolute atomic E-state index is 4.57. The van der Waals surface area contributed by atoms with Crippen LogP contribution in [0.5, 0.6) is 0 Å². The smallest absolute Gasteiger partial charge is 0.128 e. The van der Waals surface area contributed by atoms with Gasteiger partial charge in [-0.3, -0.25) is 4.68 Å². The highest BCUT2D eigenvalue weighted by Crippen LogP contribution is 2.09. The van der Waals surface area contributed by atoms with Crippen LogP contribution in [0, 0.1) is 0 Å². The van der Waals surface area contributed by atoms with Crippen molar-refractivity contribution in [3.05, 3.63) is 54.2 Å². The van der Waals surface area contributed by atoms with E-state index in [-0.39, 0.29) is 0 Å². The minimum atomic E-state index is 0.605. The van der Waals surface area contributed by atoms with Crippen LogP contribution in [0.15, 0.2) is 42.9 Å². The minimum absolute atomic E-state index is 0.605. The number of nitrogens with zero attached hydrogens (tertiary/aromatic N) is 7. The Hall–Kier alpha value is -2.70. The summed E-state index contributed by atoms with van der Waals surface area (Å²) in [4.78, 5) is 6.55. The van der Waals surface area contributed by atoms with Gasteiger partial charge in [0.2, 0.25) is 0 Å². The zero-order valence-corrected chi connectivity index (χ0v) is 12.1. The average Bonchev–Trinajstić information content (AvgIpc) is 3.12. The first kappa shape index (κ1) is 13.3. The third-order valence-corrected chi connectivity index (χ3v) is 3.04. The summed E-state index contributed by atoms with van der Waals surface area (Å²) in [6, 6.07) is 7.86. The van der Waals surface area contributed by atoms with Gasteiger partial charge in [0.15, 0.2) is 0 Å². The third-order valence-electron chi connectivity index (χ3n) is 3.04. The van der Waals surface area contributed by atoms with Crippen molar-refractivity contribution in [2.45, 2.75) is 13.1 Å². The van der Waals surface area contributed by atoms with Crippen LogP contribution >= 0.6 is 0 Å². The molecule has 0 aliphatic rings. The summed E-state index contributed by atoms with van der Waals surface area (Å²) in [7, 11) is 3.95. The lowest BCUT2D eigenvalue weighted by Gasteiger charge is -2.11. The van der Waals surface area contributed by atoms with E-state index in [9.17, 15) is 0 Å². The number of aromatic nitrogens is 6. The standard InChI is InChI=1S/C14H17N7/c1-19(2)14-6-3-5-12(16-14)9-21-11-13(17-18-21)10-20-8-4-7-15-20/h3-8,11H,9-10H2,1-2H3. The number of hydrogen-bond donors (Lipinski definition) is 0. The summed E-state index contributed by atoms with van der Waals surface area (Å²) in [5.74, 6) is 0.935. The van der Waals surface area contributed by atoms with Gasteiger partial charge in [-0.05, 0) is 18.2 Å². The lowest BCUT2D eigenvalue weighted by atomic mass is 10.3. The molecule has 21 heavy (non-hydrogen) atoms. The highest BCUT2D eigenvalue weighted by molar-refractivity contribution is 5.37. The van der Waals surface area contributed by atoms with Crippen LogP contribution < -0.4 is 4.90 Å². The van der Waals surface area contributed by atoms with Crippen molar-refractivity contribution in [2.75, 3.05) is 19.0 Å². The SMILES string of the molecule is CN(C)c1cccc(Cn2cc(Cn3cccn3)nn2)n1. The molecule has 0 saturated carbocycles. The fourth-order valence-electron chi connectivity index (χ4n) is 2.02. The molecule has 7 nitrogen and oxygen atoms in total. The van der Waals surface area contributed by atoms with Crippen LogP contribution in [0.4, 0.5) is 5.82 Å². The van der Waals surface area contributed by atoms with Gasteiger partial charge in [0.25, 0.3) is 0 Å². The monoisotopic (exact) mass is 283 g/mol. The van der Waals surface area contributed by atoms with Gasteiger partial charge >= 0.3 is 0 Å². The number of rotatable bonds is 5. The largest absolute Gasteiger partial charge is 0.363 e. The Balaban J connectivity index is 1.71. The van der Waals surface area contributed by atoms with E-state index in [2.05, 4.69) is 20.4 Å². The van der Waals surface area contributed by atoms with Crippen molar-refractivity contribution in [1.82, 2.24) is 29.8 Å². The first-order valence-corrected chi connectivity index (χ1v) is 6.70. The van der Waals surface area contributed by atoms with E-state index in [0.29, 0.717) is 13.1 Å². The predicted octanol–water partition coefficient (Wildman–Crippen LogP) is 1.03. The van der Waals surface area contributed by atoms with E-state index < -0.39 is 0 Å². The molecule has 0 saturated heterocycles. The summed E-state index contributed by atoms with van der Waals surface area (Å²) in [6.07, 6.45) is 5.58. The van der Waals surface area contributed by atoms with Crippen molar-refractivity contribution in [1.29, 1.82) is 0 Å². The van der Waals surface area contributed by atoms with E-state index >= 15 is 0 Å². The summed E-state index contributed by atoms with van der Waals surface area (Å²) >= 11 is 0.